The van der Waals surface area contributed by atoms with Crippen molar-refractivity contribution in [3.8, 4) is 0 Å². The number of ether oxygens (including phenoxy) is 2. The summed E-state index contributed by atoms with van der Waals surface area (Å²) in [4.78, 5) is 58.3. The average molecular weight is 546 g/mol. The van der Waals surface area contributed by atoms with Crippen molar-refractivity contribution in [2.45, 2.75) is 45.3 Å². The van der Waals surface area contributed by atoms with E-state index in [4.69, 9.17) is 15.2 Å². The van der Waals surface area contributed by atoms with Crippen LogP contribution in [0.25, 0.3) is 11.0 Å². The van der Waals surface area contributed by atoms with Crippen molar-refractivity contribution in [2.75, 3.05) is 12.3 Å². The predicted molar refractivity (Wildman–Crippen MR) is 148 cm³/mol. The zero-order valence-electron chi connectivity index (χ0n) is 22.1. The van der Waals surface area contributed by atoms with Gasteiger partial charge in [0.15, 0.2) is 0 Å². The molecular weight excluding hydrogens is 514 g/mol. The lowest BCUT2D eigenvalue weighted by Gasteiger charge is -2.18. The lowest BCUT2D eigenvalue weighted by atomic mass is 10.0. The highest BCUT2D eigenvalue weighted by atomic mass is 16.5. The number of rotatable bonds is 12. The van der Waals surface area contributed by atoms with Crippen LogP contribution in [-0.2, 0) is 38.5 Å². The van der Waals surface area contributed by atoms with E-state index >= 15 is 0 Å². The Morgan fingerprint density at radius 3 is 2.48 bits per heavy atom. The first-order valence-corrected chi connectivity index (χ1v) is 12.9. The molecule has 0 saturated carbocycles. The van der Waals surface area contributed by atoms with E-state index in [-0.39, 0.29) is 43.5 Å². The van der Waals surface area contributed by atoms with Gasteiger partial charge in [-0.1, -0.05) is 42.5 Å². The number of hydrogen-bond donors (Lipinski definition) is 4. The summed E-state index contributed by atoms with van der Waals surface area (Å²) in [6, 6.07) is 15.8. The number of nitrogens with two attached hydrogens (primary N) is 1. The molecule has 1 amide bonds. The molecule has 4 rings (SSSR count). The minimum absolute atomic E-state index is 0.0523. The van der Waals surface area contributed by atoms with Crippen LogP contribution in [0.1, 0.15) is 46.8 Å². The summed E-state index contributed by atoms with van der Waals surface area (Å²) in [5.74, 6) is -1.19. The van der Waals surface area contributed by atoms with Crippen LogP contribution in [0.4, 0.5) is 5.95 Å². The topological polar surface area (TPSA) is 169 Å². The van der Waals surface area contributed by atoms with Gasteiger partial charge in [0.05, 0.1) is 11.4 Å². The summed E-state index contributed by atoms with van der Waals surface area (Å²) in [5.41, 5.74) is 8.84. The van der Waals surface area contributed by atoms with E-state index < -0.39 is 18.0 Å². The zero-order chi connectivity index (χ0) is 28.5. The van der Waals surface area contributed by atoms with Crippen LogP contribution < -0.4 is 16.6 Å². The number of aromatic amines is 2. The van der Waals surface area contributed by atoms with Crippen molar-refractivity contribution in [2.24, 2.45) is 0 Å². The first-order valence-electron chi connectivity index (χ1n) is 12.9. The van der Waals surface area contributed by atoms with Gasteiger partial charge in [0.1, 0.15) is 18.9 Å². The van der Waals surface area contributed by atoms with E-state index in [0.717, 1.165) is 16.7 Å². The Labute approximate surface area is 230 Å². The van der Waals surface area contributed by atoms with E-state index in [1.807, 2.05) is 42.5 Å². The summed E-state index contributed by atoms with van der Waals surface area (Å²) < 4.78 is 10.4. The molecule has 1 atom stereocenters. The lowest BCUT2D eigenvalue weighted by molar-refractivity contribution is -0.145. The smallest absolute Gasteiger partial charge is 0.306 e. The molecule has 0 fully saturated rings. The molecule has 11 heteroatoms. The summed E-state index contributed by atoms with van der Waals surface area (Å²) in [7, 11) is 0. The molecule has 0 radical (unpaired) electrons. The molecule has 2 aromatic carbocycles. The van der Waals surface area contributed by atoms with Crippen LogP contribution in [0.2, 0.25) is 0 Å². The molecule has 2 heterocycles. The Hall–Kier alpha value is -4.93. The predicted octanol–water partition coefficient (Wildman–Crippen LogP) is 2.80. The third-order valence-corrected chi connectivity index (χ3v) is 6.30. The van der Waals surface area contributed by atoms with Gasteiger partial charge in [0, 0.05) is 25.1 Å². The second-order valence-corrected chi connectivity index (χ2v) is 9.34. The summed E-state index contributed by atoms with van der Waals surface area (Å²) in [5, 5.41) is 3.32. The highest BCUT2D eigenvalue weighted by Gasteiger charge is 2.18. The molecule has 0 aliphatic carbocycles. The molecule has 0 bridgehead atoms. The number of H-pyrrole nitrogens is 2. The normalized spacial score (nSPS) is 11.6. The third kappa shape index (κ3) is 7.79. The zero-order valence-corrected chi connectivity index (χ0v) is 22.1. The fraction of sp³-hybridized carbons (Fsp3) is 0.276. The number of anilines is 1. The second kappa shape index (κ2) is 13.2. The molecule has 40 heavy (non-hydrogen) atoms. The number of fused-ring (bicyclic) bond motifs is 1. The maximum absolute atomic E-state index is 12.9. The summed E-state index contributed by atoms with van der Waals surface area (Å²) >= 11 is 0. The van der Waals surface area contributed by atoms with Gasteiger partial charge >= 0.3 is 11.9 Å². The van der Waals surface area contributed by atoms with Crippen LogP contribution in [0, 0.1) is 0 Å². The molecule has 4 aromatic rings. The summed E-state index contributed by atoms with van der Waals surface area (Å²) in [6.07, 6.45) is 3.27. The van der Waals surface area contributed by atoms with Crippen LogP contribution >= 0.6 is 0 Å². The largest absolute Gasteiger partial charge is 0.464 e. The number of aryl methyl sites for hydroxylation is 2. The Morgan fingerprint density at radius 2 is 1.75 bits per heavy atom. The Morgan fingerprint density at radius 1 is 1.00 bits per heavy atom. The number of carbonyl (C=O) groups is 3. The van der Waals surface area contributed by atoms with Crippen molar-refractivity contribution in [1.29, 1.82) is 0 Å². The van der Waals surface area contributed by atoms with E-state index in [1.54, 1.807) is 18.3 Å². The number of hydrogen-bond acceptors (Lipinski definition) is 8. The van der Waals surface area contributed by atoms with E-state index in [2.05, 4.69) is 20.3 Å². The SMILES string of the molecule is CC(=O)OCC(CCC(=O)OCc1ccccc1)NC(=O)c1ccc(CCc2c[nH]c3nc(N)[nH]c(=O)c23)cc1. The fourth-order valence-electron chi connectivity index (χ4n) is 4.21. The molecule has 208 valence electrons. The van der Waals surface area contributed by atoms with Crippen molar-refractivity contribution < 1.29 is 23.9 Å². The number of benzene rings is 2. The lowest BCUT2D eigenvalue weighted by Crippen LogP contribution is -2.39. The summed E-state index contributed by atoms with van der Waals surface area (Å²) in [6.45, 7) is 1.38. The first kappa shape index (κ1) is 28.1. The molecule has 2 aromatic heterocycles. The molecule has 11 nitrogen and oxygen atoms in total. The van der Waals surface area contributed by atoms with Crippen molar-refractivity contribution in [1.82, 2.24) is 20.3 Å². The molecule has 0 saturated heterocycles. The Balaban J connectivity index is 1.31. The quantitative estimate of drug-likeness (QED) is 0.197. The monoisotopic (exact) mass is 545 g/mol. The van der Waals surface area contributed by atoms with Gasteiger partial charge < -0.3 is 25.5 Å². The third-order valence-electron chi connectivity index (χ3n) is 6.30. The van der Waals surface area contributed by atoms with Gasteiger partial charge in [-0.25, -0.2) is 0 Å². The van der Waals surface area contributed by atoms with E-state index in [9.17, 15) is 19.2 Å². The first-order chi connectivity index (χ1) is 19.3. The van der Waals surface area contributed by atoms with Crippen LogP contribution in [0.15, 0.2) is 65.6 Å². The van der Waals surface area contributed by atoms with Crippen LogP contribution in [0.5, 0.6) is 0 Å². The number of nitrogens with one attached hydrogen (secondary N) is 3. The molecular formula is C29H31N5O6. The highest BCUT2D eigenvalue weighted by molar-refractivity contribution is 5.94. The van der Waals surface area contributed by atoms with E-state index in [0.29, 0.717) is 29.4 Å². The van der Waals surface area contributed by atoms with Gasteiger partial charge in [-0.05, 0) is 48.1 Å². The average Bonchev–Trinajstić information content (AvgIpc) is 3.36. The van der Waals surface area contributed by atoms with Gasteiger partial charge in [0.2, 0.25) is 5.95 Å². The molecule has 1 unspecified atom stereocenters. The van der Waals surface area contributed by atoms with Gasteiger partial charge in [-0.15, -0.1) is 0 Å². The molecule has 0 aliphatic rings. The minimum Gasteiger partial charge on any atom is -0.464 e. The molecule has 5 N–H and O–H groups in total. The number of nitrogen functional groups attached to an aromatic ring is 1. The van der Waals surface area contributed by atoms with E-state index in [1.165, 1.54) is 6.92 Å². The Kier molecular flexibility index (Phi) is 9.29. The van der Waals surface area contributed by atoms with Crippen molar-refractivity contribution in [3.63, 3.8) is 0 Å². The van der Waals surface area contributed by atoms with Crippen molar-refractivity contribution in [3.05, 3.63) is 93.4 Å². The van der Waals surface area contributed by atoms with Gasteiger partial charge in [0.25, 0.3) is 11.5 Å². The van der Waals surface area contributed by atoms with Crippen LogP contribution in [-0.4, -0.2) is 45.4 Å². The highest BCUT2D eigenvalue weighted by Crippen LogP contribution is 2.16. The maximum Gasteiger partial charge on any atom is 0.306 e. The van der Waals surface area contributed by atoms with Gasteiger partial charge in [-0.2, -0.15) is 4.98 Å². The number of nitrogens with zero attached hydrogens (tertiary/aromatic N) is 1. The molecule has 0 aliphatic heterocycles. The fourth-order valence-corrected chi connectivity index (χ4v) is 4.21. The number of amides is 1. The standard InChI is InChI=1S/C29H31N5O6/c1-18(35)39-17-23(13-14-24(36)40-16-20-5-3-2-4-6-20)32-27(37)21-10-7-19(8-11-21)9-12-22-15-31-26-25(22)28(38)34-29(30)33-26/h2-8,10-11,15,23H,9,12-14,16-17H2,1H3,(H,32,37)(H4,30,31,33,34,38). The number of carbonyl (C=O) groups excluding carboxylic acids is 3. The van der Waals surface area contributed by atoms with Crippen molar-refractivity contribution >= 4 is 34.8 Å². The maximum atomic E-state index is 12.9. The number of aromatic nitrogens is 3. The molecule has 0 spiro atoms. The van der Waals surface area contributed by atoms with Gasteiger partial charge in [-0.3, -0.25) is 24.2 Å². The Bertz CT molecular complexity index is 1530. The number of esters is 2. The minimum atomic E-state index is -0.567. The second-order valence-electron chi connectivity index (χ2n) is 9.34. The van der Waals surface area contributed by atoms with Crippen LogP contribution in [0.3, 0.4) is 0 Å².